The van der Waals surface area contributed by atoms with Crippen LogP contribution in [0, 0.1) is 28.5 Å². The van der Waals surface area contributed by atoms with Crippen molar-refractivity contribution in [2.75, 3.05) is 19.6 Å². The molecule has 1 fully saturated rings. The first kappa shape index (κ1) is 25.2. The maximum atomic E-state index is 14.4. The maximum Gasteiger partial charge on any atom is 0.131 e. The minimum Gasteiger partial charge on any atom is -0.303 e. The Balaban J connectivity index is 1.60. The topological polar surface area (TPSA) is 27.0 Å². The van der Waals surface area contributed by atoms with Gasteiger partial charge in [0.1, 0.15) is 5.82 Å². The van der Waals surface area contributed by atoms with Crippen molar-refractivity contribution in [1.82, 2.24) is 4.90 Å². The second-order valence-corrected chi connectivity index (χ2v) is 10.2. The molecule has 0 N–H and O–H groups in total. The minimum absolute atomic E-state index is 0.271. The van der Waals surface area contributed by atoms with Crippen molar-refractivity contribution in [1.29, 1.82) is 5.26 Å². The molecule has 2 aromatic rings. The first-order valence-electron chi connectivity index (χ1n) is 12.5. The van der Waals surface area contributed by atoms with E-state index >= 15 is 0 Å². The van der Waals surface area contributed by atoms with Crippen LogP contribution in [-0.2, 0) is 6.42 Å². The number of halogens is 1. The Kier molecular flexibility index (Phi) is 8.49. The van der Waals surface area contributed by atoms with Crippen LogP contribution >= 0.6 is 0 Å². The molecule has 0 aliphatic carbocycles. The molecule has 33 heavy (non-hydrogen) atoms. The number of rotatable bonds is 9. The molecule has 0 amide bonds. The van der Waals surface area contributed by atoms with Gasteiger partial charge in [0.25, 0.3) is 0 Å². The van der Waals surface area contributed by atoms with Gasteiger partial charge in [-0.05, 0) is 104 Å². The van der Waals surface area contributed by atoms with Crippen LogP contribution in [0.3, 0.4) is 0 Å². The fourth-order valence-corrected chi connectivity index (χ4v) is 4.93. The molecule has 0 spiro atoms. The maximum absolute atomic E-state index is 14.4. The highest BCUT2D eigenvalue weighted by Gasteiger charge is 2.26. The van der Waals surface area contributed by atoms with E-state index in [2.05, 4.69) is 44.4 Å². The number of benzene rings is 2. The lowest BCUT2D eigenvalue weighted by molar-refractivity contribution is 0.111. The fourth-order valence-electron chi connectivity index (χ4n) is 4.93. The molecular formula is C30H39FN2. The minimum atomic E-state index is -0.271. The van der Waals surface area contributed by atoms with Gasteiger partial charge in [0, 0.05) is 12.1 Å². The number of hydrogen-bond donors (Lipinski definition) is 0. The first-order chi connectivity index (χ1) is 15.8. The van der Waals surface area contributed by atoms with Crippen LogP contribution in [0.4, 0.5) is 4.39 Å². The molecule has 0 radical (unpaired) electrons. The summed E-state index contributed by atoms with van der Waals surface area (Å²) in [5.41, 5.74) is 5.16. The quantitative estimate of drug-likeness (QED) is 0.392. The summed E-state index contributed by atoms with van der Waals surface area (Å²) in [5, 5.41) is 9.75. The Bertz CT molecular complexity index is 1000. The van der Waals surface area contributed by atoms with E-state index in [1.165, 1.54) is 51.4 Å². The number of nitriles is 1. The van der Waals surface area contributed by atoms with E-state index in [9.17, 15) is 9.65 Å². The van der Waals surface area contributed by atoms with Crippen LogP contribution in [0.2, 0.25) is 0 Å². The highest BCUT2D eigenvalue weighted by atomic mass is 19.1. The Morgan fingerprint density at radius 3 is 2.33 bits per heavy atom. The van der Waals surface area contributed by atoms with Gasteiger partial charge in [-0.1, -0.05) is 51.6 Å². The van der Waals surface area contributed by atoms with Crippen molar-refractivity contribution in [3.05, 3.63) is 65.5 Å². The average molecular weight is 447 g/mol. The molecule has 1 aliphatic rings. The van der Waals surface area contributed by atoms with Crippen molar-refractivity contribution < 1.29 is 4.39 Å². The van der Waals surface area contributed by atoms with Crippen LogP contribution < -0.4 is 0 Å². The predicted octanol–water partition coefficient (Wildman–Crippen LogP) is 7.87. The third-order valence-corrected chi connectivity index (χ3v) is 7.83. The SMILES string of the molecule is C=C(C)c1ccc(-c2ccc(CCC3CCN(CC(C)(CC)CC)CC3)c(C#N)c2)cc1F. The van der Waals surface area contributed by atoms with Gasteiger partial charge in [-0.3, -0.25) is 0 Å². The molecule has 0 aromatic heterocycles. The molecule has 0 bridgehead atoms. The smallest absolute Gasteiger partial charge is 0.131 e. The van der Waals surface area contributed by atoms with Crippen molar-refractivity contribution in [2.45, 2.75) is 66.2 Å². The summed E-state index contributed by atoms with van der Waals surface area (Å²) in [6.07, 6.45) is 7.03. The lowest BCUT2D eigenvalue weighted by Crippen LogP contribution is -2.40. The van der Waals surface area contributed by atoms with E-state index < -0.39 is 0 Å². The third-order valence-electron chi connectivity index (χ3n) is 7.83. The van der Waals surface area contributed by atoms with E-state index in [-0.39, 0.29) is 5.82 Å². The number of aryl methyl sites for hydroxylation is 1. The van der Waals surface area contributed by atoms with E-state index in [1.807, 2.05) is 18.2 Å². The second kappa shape index (κ2) is 11.1. The van der Waals surface area contributed by atoms with E-state index in [1.54, 1.807) is 13.0 Å². The summed E-state index contributed by atoms with van der Waals surface area (Å²) in [6.45, 7) is 16.2. The Morgan fingerprint density at radius 2 is 1.76 bits per heavy atom. The summed E-state index contributed by atoms with van der Waals surface area (Å²) in [5.74, 6) is 0.456. The van der Waals surface area contributed by atoms with Crippen molar-refractivity contribution in [3.63, 3.8) is 0 Å². The Morgan fingerprint density at radius 1 is 1.12 bits per heavy atom. The van der Waals surface area contributed by atoms with Gasteiger partial charge in [-0.2, -0.15) is 5.26 Å². The lowest BCUT2D eigenvalue weighted by atomic mass is 9.82. The molecular weight excluding hydrogens is 407 g/mol. The zero-order valence-electron chi connectivity index (χ0n) is 20.9. The standard InChI is InChI=1S/C30H39FN2/c1-6-30(5,7-2)21-33-16-14-23(15-17-33)8-9-24-10-11-25(18-27(24)20-32)26-12-13-28(22(3)4)29(31)19-26/h10-13,18-19,23H,3,6-9,14-17,21H2,1-2,4-5H3. The van der Waals surface area contributed by atoms with Crippen LogP contribution in [-0.4, -0.2) is 24.5 Å². The van der Waals surface area contributed by atoms with Crippen LogP contribution in [0.15, 0.2) is 43.0 Å². The van der Waals surface area contributed by atoms with Gasteiger partial charge in [-0.15, -0.1) is 0 Å². The normalized spacial score (nSPS) is 15.4. The first-order valence-corrected chi connectivity index (χ1v) is 12.5. The summed E-state index contributed by atoms with van der Waals surface area (Å²) in [7, 11) is 0. The summed E-state index contributed by atoms with van der Waals surface area (Å²) < 4.78 is 14.4. The van der Waals surface area contributed by atoms with Gasteiger partial charge in [0.15, 0.2) is 0 Å². The molecule has 1 aliphatic heterocycles. The number of nitrogens with zero attached hydrogens (tertiary/aromatic N) is 2. The molecule has 2 nitrogen and oxygen atoms in total. The molecule has 0 atom stereocenters. The highest BCUT2D eigenvalue weighted by Crippen LogP contribution is 2.31. The lowest BCUT2D eigenvalue weighted by Gasteiger charge is -2.38. The molecule has 0 unspecified atom stereocenters. The van der Waals surface area contributed by atoms with E-state index in [0.717, 1.165) is 35.4 Å². The monoisotopic (exact) mass is 446 g/mol. The van der Waals surface area contributed by atoms with Crippen molar-refractivity contribution in [2.24, 2.45) is 11.3 Å². The number of hydrogen-bond acceptors (Lipinski definition) is 2. The molecule has 2 aromatic carbocycles. The van der Waals surface area contributed by atoms with Gasteiger partial charge in [0.05, 0.1) is 11.6 Å². The molecule has 3 rings (SSSR count). The number of likely N-dealkylation sites (tertiary alicyclic amines) is 1. The molecule has 1 saturated heterocycles. The van der Waals surface area contributed by atoms with Gasteiger partial charge in [-0.25, -0.2) is 4.39 Å². The predicted molar refractivity (Wildman–Crippen MR) is 137 cm³/mol. The van der Waals surface area contributed by atoms with Gasteiger partial charge in [0.2, 0.25) is 0 Å². The third kappa shape index (κ3) is 6.33. The molecule has 176 valence electrons. The summed E-state index contributed by atoms with van der Waals surface area (Å²) >= 11 is 0. The zero-order chi connectivity index (χ0) is 24.0. The van der Waals surface area contributed by atoms with Crippen molar-refractivity contribution in [3.8, 4) is 17.2 Å². The summed E-state index contributed by atoms with van der Waals surface area (Å²) in [6, 6.07) is 13.6. The Labute approximate surface area is 200 Å². The molecule has 0 saturated carbocycles. The Hall–Kier alpha value is -2.44. The van der Waals surface area contributed by atoms with Crippen LogP contribution in [0.5, 0.6) is 0 Å². The fraction of sp³-hybridized carbons (Fsp3) is 0.500. The van der Waals surface area contributed by atoms with Crippen molar-refractivity contribution >= 4 is 5.57 Å². The van der Waals surface area contributed by atoms with Gasteiger partial charge < -0.3 is 4.90 Å². The zero-order valence-corrected chi connectivity index (χ0v) is 20.9. The van der Waals surface area contributed by atoms with E-state index in [4.69, 9.17) is 0 Å². The molecule has 3 heteroatoms. The average Bonchev–Trinajstić information content (AvgIpc) is 2.83. The van der Waals surface area contributed by atoms with Crippen LogP contribution in [0.1, 0.15) is 76.5 Å². The van der Waals surface area contributed by atoms with Crippen LogP contribution in [0.25, 0.3) is 16.7 Å². The number of allylic oxidation sites excluding steroid dienone is 1. The van der Waals surface area contributed by atoms with Gasteiger partial charge >= 0.3 is 0 Å². The van der Waals surface area contributed by atoms with E-state index in [0.29, 0.717) is 22.1 Å². The molecule has 1 heterocycles. The largest absolute Gasteiger partial charge is 0.303 e. The second-order valence-electron chi connectivity index (χ2n) is 10.2. The highest BCUT2D eigenvalue weighted by molar-refractivity contribution is 5.70. The summed E-state index contributed by atoms with van der Waals surface area (Å²) in [4.78, 5) is 2.65. The number of piperidine rings is 1.